The highest BCUT2D eigenvalue weighted by Crippen LogP contribution is 2.25. The second-order valence-corrected chi connectivity index (χ2v) is 6.64. The Kier molecular flexibility index (Phi) is 5.09. The Morgan fingerprint density at radius 1 is 1.26 bits per heavy atom. The molecule has 1 aromatic heterocycles. The zero-order valence-electron chi connectivity index (χ0n) is 9.73. The van der Waals surface area contributed by atoms with Crippen LogP contribution in [0.15, 0.2) is 38.6 Å². The summed E-state index contributed by atoms with van der Waals surface area (Å²) in [4.78, 5) is 11.7. The van der Waals surface area contributed by atoms with Crippen molar-refractivity contribution in [2.45, 2.75) is 13.1 Å². The highest BCUT2D eigenvalue weighted by Gasteiger charge is 2.11. The van der Waals surface area contributed by atoms with Crippen LogP contribution in [0.1, 0.15) is 10.4 Å². The van der Waals surface area contributed by atoms with Crippen LogP contribution in [0.5, 0.6) is 0 Å². The minimum absolute atomic E-state index is 0.0955. The fraction of sp³-hybridized carbons (Fsp3) is 0.167. The molecule has 0 amide bonds. The second kappa shape index (κ2) is 6.60. The average molecular weight is 406 g/mol. The molecule has 1 N–H and O–H groups in total. The van der Waals surface area contributed by atoms with Gasteiger partial charge in [0.05, 0.1) is 9.40 Å². The quantitative estimate of drug-likeness (QED) is 0.589. The van der Waals surface area contributed by atoms with Gasteiger partial charge in [-0.2, -0.15) is 0 Å². The smallest absolute Gasteiger partial charge is 0.283 e. The Balaban J connectivity index is 1.96. The zero-order chi connectivity index (χ0) is 13.8. The van der Waals surface area contributed by atoms with Gasteiger partial charge in [0, 0.05) is 33.9 Å². The lowest BCUT2D eigenvalue weighted by Crippen LogP contribution is -2.11. The highest BCUT2D eigenvalue weighted by atomic mass is 79.9. The van der Waals surface area contributed by atoms with E-state index in [1.165, 1.54) is 4.88 Å². The molecule has 7 heteroatoms. The number of hydrogen-bond donors (Lipinski definition) is 1. The molecule has 0 spiro atoms. The van der Waals surface area contributed by atoms with E-state index in [1.54, 1.807) is 23.5 Å². The van der Waals surface area contributed by atoms with Gasteiger partial charge < -0.3 is 5.32 Å². The number of hydrogen-bond acceptors (Lipinski definition) is 4. The summed E-state index contributed by atoms with van der Waals surface area (Å²) in [6, 6.07) is 7.22. The molecule has 0 atom stereocenters. The van der Waals surface area contributed by atoms with Crippen molar-refractivity contribution in [2.75, 3.05) is 0 Å². The minimum atomic E-state index is -0.385. The fourth-order valence-electron chi connectivity index (χ4n) is 1.58. The minimum Gasteiger partial charge on any atom is -0.308 e. The predicted octanol–water partition coefficient (Wildman–Crippen LogP) is 4.47. The summed E-state index contributed by atoms with van der Waals surface area (Å²) >= 11 is 8.25. The first kappa shape index (κ1) is 14.6. The lowest BCUT2D eigenvalue weighted by atomic mass is 10.2. The molecule has 0 aliphatic rings. The van der Waals surface area contributed by atoms with E-state index in [1.807, 2.05) is 11.4 Å². The molecule has 0 fully saturated rings. The molecule has 0 unspecified atom stereocenters. The van der Waals surface area contributed by atoms with Crippen LogP contribution in [0, 0.1) is 10.1 Å². The van der Waals surface area contributed by atoms with Crippen molar-refractivity contribution in [3.63, 3.8) is 0 Å². The van der Waals surface area contributed by atoms with Crippen LogP contribution in [0.2, 0.25) is 0 Å². The van der Waals surface area contributed by atoms with E-state index in [-0.39, 0.29) is 10.6 Å². The molecule has 1 heterocycles. The van der Waals surface area contributed by atoms with Crippen molar-refractivity contribution < 1.29 is 4.92 Å². The maximum atomic E-state index is 10.8. The van der Waals surface area contributed by atoms with Gasteiger partial charge in [0.1, 0.15) is 0 Å². The number of rotatable bonds is 5. The largest absolute Gasteiger partial charge is 0.308 e. The third-order valence-corrected chi connectivity index (χ3v) is 4.83. The molecular weight excluding hydrogens is 396 g/mol. The first-order valence-electron chi connectivity index (χ1n) is 5.42. The maximum absolute atomic E-state index is 10.8. The molecule has 2 rings (SSSR count). The van der Waals surface area contributed by atoms with Crippen molar-refractivity contribution in [3.8, 4) is 0 Å². The number of nitrogens with one attached hydrogen (secondary N) is 1. The molecule has 0 aliphatic heterocycles. The zero-order valence-corrected chi connectivity index (χ0v) is 13.7. The molecule has 0 aliphatic carbocycles. The molecule has 0 saturated heterocycles. The van der Waals surface area contributed by atoms with Crippen LogP contribution in [-0.2, 0) is 13.1 Å². The number of nitrogens with zero attached hydrogens (tertiary/aromatic N) is 1. The fourth-order valence-corrected chi connectivity index (χ4v) is 3.40. The monoisotopic (exact) mass is 404 g/mol. The summed E-state index contributed by atoms with van der Waals surface area (Å²) in [5, 5.41) is 16.1. The normalized spacial score (nSPS) is 10.6. The Hall–Kier alpha value is -0.760. The van der Waals surface area contributed by atoms with Gasteiger partial charge in [-0.15, -0.1) is 11.3 Å². The summed E-state index contributed by atoms with van der Waals surface area (Å²) in [5.74, 6) is 0. The van der Waals surface area contributed by atoms with E-state index < -0.39 is 0 Å². The van der Waals surface area contributed by atoms with Gasteiger partial charge in [-0.05, 0) is 49.6 Å². The summed E-state index contributed by atoms with van der Waals surface area (Å²) in [5.41, 5.74) is 0.990. The molecule has 1 aromatic carbocycles. The van der Waals surface area contributed by atoms with Gasteiger partial charge in [-0.25, -0.2) is 0 Å². The summed E-state index contributed by atoms with van der Waals surface area (Å²) < 4.78 is 1.58. The van der Waals surface area contributed by atoms with Crippen molar-refractivity contribution in [3.05, 3.63) is 59.1 Å². The summed E-state index contributed by atoms with van der Waals surface area (Å²) in [6.45, 7) is 1.35. The number of nitro benzene ring substituents is 1. The molecule has 0 radical (unpaired) electrons. The highest BCUT2D eigenvalue weighted by molar-refractivity contribution is 9.10. The molecule has 0 saturated carbocycles. The Bertz CT molecular complexity index is 601. The van der Waals surface area contributed by atoms with Crippen LogP contribution in [0.25, 0.3) is 0 Å². The molecule has 2 aromatic rings. The molecular formula is C12H10Br2N2O2S. The van der Waals surface area contributed by atoms with Crippen LogP contribution in [0.3, 0.4) is 0 Å². The first-order valence-corrected chi connectivity index (χ1v) is 7.89. The van der Waals surface area contributed by atoms with Crippen LogP contribution in [-0.4, -0.2) is 4.92 Å². The van der Waals surface area contributed by atoms with E-state index >= 15 is 0 Å². The predicted molar refractivity (Wildman–Crippen MR) is 83.4 cm³/mol. The van der Waals surface area contributed by atoms with Gasteiger partial charge in [0.15, 0.2) is 0 Å². The van der Waals surface area contributed by atoms with Gasteiger partial charge >= 0.3 is 0 Å². The molecule has 4 nitrogen and oxygen atoms in total. The topological polar surface area (TPSA) is 55.2 Å². The van der Waals surface area contributed by atoms with Gasteiger partial charge in [-0.3, -0.25) is 10.1 Å². The number of nitro groups is 1. The SMILES string of the molecule is O=[N+]([O-])c1cc(CNCc2cc(Br)cs2)ccc1Br. The Morgan fingerprint density at radius 2 is 2.05 bits per heavy atom. The van der Waals surface area contributed by atoms with Crippen molar-refractivity contribution in [1.82, 2.24) is 5.32 Å². The Labute approximate surface area is 131 Å². The lowest BCUT2D eigenvalue weighted by Gasteiger charge is -2.04. The second-order valence-electron chi connectivity index (χ2n) is 3.88. The van der Waals surface area contributed by atoms with E-state index in [9.17, 15) is 10.1 Å². The Morgan fingerprint density at radius 3 is 2.68 bits per heavy atom. The standard InChI is InChI=1S/C12H10Br2N2O2S/c13-9-4-10(19-7-9)6-15-5-8-1-2-11(14)12(3-8)16(17)18/h1-4,7,15H,5-6H2. The van der Waals surface area contributed by atoms with E-state index in [4.69, 9.17) is 0 Å². The van der Waals surface area contributed by atoms with Crippen LogP contribution >= 0.6 is 43.2 Å². The van der Waals surface area contributed by atoms with Gasteiger partial charge in [0.2, 0.25) is 0 Å². The van der Waals surface area contributed by atoms with Gasteiger partial charge in [-0.1, -0.05) is 6.07 Å². The number of thiophene rings is 1. The first-order chi connectivity index (χ1) is 9.06. The summed E-state index contributed by atoms with van der Waals surface area (Å²) in [6.07, 6.45) is 0. The number of halogens is 2. The number of benzene rings is 1. The van der Waals surface area contributed by atoms with Crippen molar-refractivity contribution in [1.29, 1.82) is 0 Å². The summed E-state index contributed by atoms with van der Waals surface area (Å²) in [7, 11) is 0. The molecule has 19 heavy (non-hydrogen) atoms. The van der Waals surface area contributed by atoms with Crippen LogP contribution in [0.4, 0.5) is 5.69 Å². The van der Waals surface area contributed by atoms with Crippen LogP contribution < -0.4 is 5.32 Å². The maximum Gasteiger partial charge on any atom is 0.283 e. The van der Waals surface area contributed by atoms with Crippen molar-refractivity contribution in [2.24, 2.45) is 0 Å². The van der Waals surface area contributed by atoms with Crippen molar-refractivity contribution >= 4 is 48.9 Å². The molecule has 0 bridgehead atoms. The van der Waals surface area contributed by atoms with E-state index in [0.29, 0.717) is 11.0 Å². The lowest BCUT2D eigenvalue weighted by molar-refractivity contribution is -0.385. The van der Waals surface area contributed by atoms with E-state index in [2.05, 4.69) is 43.2 Å². The van der Waals surface area contributed by atoms with E-state index in [0.717, 1.165) is 16.6 Å². The third-order valence-electron chi connectivity index (χ3n) is 2.46. The molecule has 100 valence electrons. The van der Waals surface area contributed by atoms with Gasteiger partial charge in [0.25, 0.3) is 5.69 Å². The third kappa shape index (κ3) is 4.10. The average Bonchev–Trinajstić information content (AvgIpc) is 2.77.